The number of likely N-dealkylation sites (tertiary alicyclic amines) is 2. The number of aliphatic carboxylic acids is 2. The van der Waals surface area contributed by atoms with Gasteiger partial charge in [0.15, 0.2) is 0 Å². The van der Waals surface area contributed by atoms with Gasteiger partial charge in [-0.15, -0.1) is 11.3 Å². The van der Waals surface area contributed by atoms with E-state index >= 15 is 0 Å². The van der Waals surface area contributed by atoms with E-state index in [2.05, 4.69) is 27.2 Å². The van der Waals surface area contributed by atoms with E-state index in [1.807, 2.05) is 6.20 Å². The molecule has 8 nitrogen and oxygen atoms in total. The van der Waals surface area contributed by atoms with Crippen LogP contribution in [0, 0.1) is 17.3 Å². The topological polar surface area (TPSA) is 103 Å². The number of alkyl halides is 6. The minimum atomic E-state index is -5.08. The number of carboxylic acid groups (broad SMARTS) is 2. The highest BCUT2D eigenvalue weighted by Gasteiger charge is 2.49. The molecule has 0 radical (unpaired) electrons. The van der Waals surface area contributed by atoms with Gasteiger partial charge in [0.1, 0.15) is 5.01 Å². The number of carboxylic acids is 2. The maximum Gasteiger partial charge on any atom is 0.490 e. The fraction of sp³-hybridized carbons (Fsp3) is 0.762. The standard InChI is InChI=1S/C17H27N3OS.2C2HF3O2/c1-19-8-15(11-21-10-14-2-3-14)17(12-19)4-6-20(13-17)9-16-18-5-7-22-16;2*3-2(4,5)1(6)7/h5,7,14-15H,2-4,6,8-13H2,1H3;2*(H,6,7)/t15-,17+;;/m0../s1. The molecule has 0 unspecified atom stereocenters. The van der Waals surface area contributed by atoms with E-state index in [0.717, 1.165) is 25.7 Å². The maximum atomic E-state index is 10.6. The molecule has 0 amide bonds. The Morgan fingerprint density at radius 2 is 1.69 bits per heavy atom. The number of hydrogen-bond acceptors (Lipinski definition) is 7. The van der Waals surface area contributed by atoms with E-state index in [9.17, 15) is 26.3 Å². The van der Waals surface area contributed by atoms with Crippen LogP contribution in [0.3, 0.4) is 0 Å². The quantitative estimate of drug-likeness (QED) is 0.520. The highest BCUT2D eigenvalue weighted by atomic mass is 32.1. The average molecular weight is 550 g/mol. The smallest absolute Gasteiger partial charge is 0.475 e. The predicted molar refractivity (Wildman–Crippen MR) is 116 cm³/mol. The summed E-state index contributed by atoms with van der Waals surface area (Å²) in [5.41, 5.74) is 0.454. The van der Waals surface area contributed by atoms with E-state index in [0.29, 0.717) is 11.3 Å². The summed E-state index contributed by atoms with van der Waals surface area (Å²) in [4.78, 5) is 27.4. The molecular weight excluding hydrogens is 520 g/mol. The van der Waals surface area contributed by atoms with Crippen molar-refractivity contribution in [3.8, 4) is 0 Å². The van der Waals surface area contributed by atoms with Crippen LogP contribution in [-0.2, 0) is 20.9 Å². The van der Waals surface area contributed by atoms with Crippen molar-refractivity contribution in [2.24, 2.45) is 17.3 Å². The summed E-state index contributed by atoms with van der Waals surface area (Å²) in [5, 5.41) is 17.6. The SMILES string of the molecule is CN1C[C@@H](COCC2CC2)[C@]2(CCN(Cc3nccs3)C2)C1.O=C(O)C(F)(F)F.O=C(O)C(F)(F)F. The Labute approximate surface area is 207 Å². The van der Waals surface area contributed by atoms with E-state index in [1.54, 1.807) is 11.3 Å². The number of rotatable bonds is 6. The summed E-state index contributed by atoms with van der Waals surface area (Å²) >= 11 is 1.78. The van der Waals surface area contributed by atoms with Crippen LogP contribution >= 0.6 is 11.3 Å². The first-order valence-corrected chi connectivity index (χ1v) is 12.0. The van der Waals surface area contributed by atoms with Crippen molar-refractivity contribution in [1.82, 2.24) is 14.8 Å². The van der Waals surface area contributed by atoms with E-state index in [4.69, 9.17) is 24.5 Å². The van der Waals surface area contributed by atoms with E-state index in [-0.39, 0.29) is 0 Å². The molecule has 3 fully saturated rings. The third kappa shape index (κ3) is 9.82. The summed E-state index contributed by atoms with van der Waals surface area (Å²) in [6.45, 7) is 7.86. The predicted octanol–water partition coefficient (Wildman–Crippen LogP) is 3.59. The molecule has 2 N–H and O–H groups in total. The van der Waals surface area contributed by atoms with Crippen LogP contribution in [0.5, 0.6) is 0 Å². The molecule has 36 heavy (non-hydrogen) atoms. The number of halogens is 6. The van der Waals surface area contributed by atoms with E-state index < -0.39 is 24.3 Å². The average Bonchev–Trinajstić information content (AvgIpc) is 3.13. The van der Waals surface area contributed by atoms with Gasteiger partial charge in [-0.2, -0.15) is 26.3 Å². The molecule has 4 rings (SSSR count). The van der Waals surface area contributed by atoms with Crippen molar-refractivity contribution in [1.29, 1.82) is 0 Å². The normalized spacial score (nSPS) is 24.7. The van der Waals surface area contributed by atoms with E-state index in [1.165, 1.54) is 50.4 Å². The van der Waals surface area contributed by atoms with Crippen molar-refractivity contribution in [3.63, 3.8) is 0 Å². The Bertz CT molecular complexity index is 826. The Morgan fingerprint density at radius 3 is 2.17 bits per heavy atom. The van der Waals surface area contributed by atoms with Crippen molar-refractivity contribution < 1.29 is 50.9 Å². The number of hydrogen-bond donors (Lipinski definition) is 2. The second-order valence-corrected chi connectivity index (χ2v) is 10.2. The van der Waals surface area contributed by atoms with Crippen molar-refractivity contribution in [2.75, 3.05) is 46.4 Å². The Balaban J connectivity index is 0.000000271. The van der Waals surface area contributed by atoms with Gasteiger partial charge in [0.05, 0.1) is 13.2 Å². The largest absolute Gasteiger partial charge is 0.490 e. The van der Waals surface area contributed by atoms with Gasteiger partial charge in [0, 0.05) is 49.2 Å². The van der Waals surface area contributed by atoms with Crippen molar-refractivity contribution in [3.05, 3.63) is 16.6 Å². The maximum absolute atomic E-state index is 10.6. The molecule has 2 atom stereocenters. The zero-order valence-electron chi connectivity index (χ0n) is 19.5. The molecule has 1 aromatic heterocycles. The van der Waals surface area contributed by atoms with Gasteiger partial charge < -0.3 is 19.8 Å². The number of aromatic nitrogens is 1. The number of thiazole rings is 1. The minimum absolute atomic E-state index is 0.454. The lowest BCUT2D eigenvalue weighted by molar-refractivity contribution is -0.193. The van der Waals surface area contributed by atoms with Crippen LogP contribution in [0.2, 0.25) is 0 Å². The van der Waals surface area contributed by atoms with Crippen LogP contribution in [0.1, 0.15) is 24.3 Å². The third-order valence-corrected chi connectivity index (χ3v) is 6.91. The van der Waals surface area contributed by atoms with Crippen LogP contribution in [0.4, 0.5) is 26.3 Å². The molecule has 1 aliphatic carbocycles. The Morgan fingerprint density at radius 1 is 1.11 bits per heavy atom. The molecule has 1 spiro atoms. The molecular formula is C21H29F6N3O5S. The fourth-order valence-corrected chi connectivity index (χ4v) is 4.95. The molecule has 206 valence electrons. The van der Waals surface area contributed by atoms with Crippen molar-refractivity contribution >= 4 is 23.3 Å². The minimum Gasteiger partial charge on any atom is -0.475 e. The van der Waals surface area contributed by atoms with Crippen LogP contribution in [-0.4, -0.2) is 95.7 Å². The van der Waals surface area contributed by atoms with Gasteiger partial charge in [0.2, 0.25) is 0 Å². The summed E-state index contributed by atoms with van der Waals surface area (Å²) in [7, 11) is 2.27. The van der Waals surface area contributed by atoms with Gasteiger partial charge in [-0.3, -0.25) is 4.90 Å². The Hall–Kier alpha value is -1.97. The van der Waals surface area contributed by atoms with Gasteiger partial charge >= 0.3 is 24.3 Å². The number of ether oxygens (including phenoxy) is 1. The molecule has 3 aliphatic rings. The van der Waals surface area contributed by atoms with Crippen molar-refractivity contribution in [2.45, 2.75) is 38.2 Å². The first-order chi connectivity index (χ1) is 16.6. The summed E-state index contributed by atoms with van der Waals surface area (Å²) < 4.78 is 69.5. The third-order valence-electron chi connectivity index (χ3n) is 6.14. The summed E-state index contributed by atoms with van der Waals surface area (Å²) in [6.07, 6.45) is -4.15. The van der Waals surface area contributed by atoms with Crippen LogP contribution < -0.4 is 0 Å². The van der Waals surface area contributed by atoms with Gasteiger partial charge in [-0.05, 0) is 38.8 Å². The lowest BCUT2D eigenvalue weighted by Gasteiger charge is -2.30. The highest BCUT2D eigenvalue weighted by molar-refractivity contribution is 7.09. The second-order valence-electron chi connectivity index (χ2n) is 9.23. The van der Waals surface area contributed by atoms with Crippen LogP contribution in [0.25, 0.3) is 0 Å². The molecule has 0 bridgehead atoms. The second kappa shape index (κ2) is 12.5. The number of carbonyl (C=O) groups is 2. The lowest BCUT2D eigenvalue weighted by Crippen LogP contribution is -2.36. The van der Waals surface area contributed by atoms with Gasteiger partial charge in [-0.1, -0.05) is 0 Å². The first-order valence-electron chi connectivity index (χ1n) is 11.1. The molecule has 1 aromatic rings. The van der Waals surface area contributed by atoms with Crippen LogP contribution in [0.15, 0.2) is 11.6 Å². The Kier molecular flexibility index (Phi) is 10.5. The first kappa shape index (κ1) is 30.3. The monoisotopic (exact) mass is 549 g/mol. The summed E-state index contributed by atoms with van der Waals surface area (Å²) in [5.74, 6) is -3.93. The fourth-order valence-electron chi connectivity index (χ4n) is 4.30. The molecule has 15 heteroatoms. The number of nitrogens with zero attached hydrogens (tertiary/aromatic N) is 3. The van der Waals surface area contributed by atoms with Gasteiger partial charge in [-0.25, -0.2) is 14.6 Å². The zero-order chi connectivity index (χ0) is 27.1. The molecule has 2 saturated heterocycles. The zero-order valence-corrected chi connectivity index (χ0v) is 20.3. The molecule has 0 aromatic carbocycles. The molecule has 1 saturated carbocycles. The molecule has 3 heterocycles. The summed E-state index contributed by atoms with van der Waals surface area (Å²) in [6, 6.07) is 0. The lowest BCUT2D eigenvalue weighted by atomic mass is 9.77. The van der Waals surface area contributed by atoms with Gasteiger partial charge in [0.25, 0.3) is 0 Å². The highest BCUT2D eigenvalue weighted by Crippen LogP contribution is 2.44. The molecule has 2 aliphatic heterocycles.